The maximum atomic E-state index is 6.49. The molecule has 0 saturated carbocycles. The Bertz CT molecular complexity index is 447. The third-order valence-corrected chi connectivity index (χ3v) is 4.18. The number of hydrogen-bond acceptors (Lipinski definition) is 4. The molecule has 1 fully saturated rings. The van der Waals surface area contributed by atoms with E-state index in [1.165, 1.54) is 11.1 Å². The first-order valence-corrected chi connectivity index (χ1v) is 6.86. The monoisotopic (exact) mass is 263 g/mol. The molecule has 4 nitrogen and oxygen atoms in total. The van der Waals surface area contributed by atoms with Crippen molar-refractivity contribution in [2.75, 3.05) is 33.8 Å². The van der Waals surface area contributed by atoms with E-state index in [0.717, 1.165) is 30.9 Å². The Morgan fingerprint density at radius 3 is 2.68 bits per heavy atom. The number of methoxy groups -OCH3 is 1. The maximum absolute atomic E-state index is 6.49. The van der Waals surface area contributed by atoms with Crippen LogP contribution < -0.4 is 15.8 Å². The highest BCUT2D eigenvalue weighted by Gasteiger charge is 2.28. The SMILES string of the molecule is COc1cc(C)c(C)cc1C(N)C1CNCCN1C. The molecule has 2 rings (SSSR count). The Balaban J connectivity index is 2.31. The fourth-order valence-electron chi connectivity index (χ4n) is 2.68. The molecule has 3 N–H and O–H groups in total. The molecule has 0 aliphatic carbocycles. The van der Waals surface area contributed by atoms with Gasteiger partial charge in [0.05, 0.1) is 13.2 Å². The predicted octanol–water partition coefficient (Wildman–Crippen LogP) is 1.22. The van der Waals surface area contributed by atoms with Crippen molar-refractivity contribution in [2.24, 2.45) is 5.73 Å². The number of piperazine rings is 1. The average molecular weight is 263 g/mol. The molecule has 1 aliphatic heterocycles. The van der Waals surface area contributed by atoms with Crippen LogP contribution in [0.5, 0.6) is 5.75 Å². The first kappa shape index (κ1) is 14.3. The van der Waals surface area contributed by atoms with E-state index < -0.39 is 0 Å². The summed E-state index contributed by atoms with van der Waals surface area (Å²) in [5, 5.41) is 3.42. The Kier molecular flexibility index (Phi) is 4.45. The van der Waals surface area contributed by atoms with Gasteiger partial charge in [-0.2, -0.15) is 0 Å². The van der Waals surface area contributed by atoms with Gasteiger partial charge >= 0.3 is 0 Å². The summed E-state index contributed by atoms with van der Waals surface area (Å²) in [6.07, 6.45) is 0. The number of nitrogens with one attached hydrogen (secondary N) is 1. The second-order valence-electron chi connectivity index (χ2n) is 5.46. The molecule has 0 aromatic heterocycles. The third-order valence-electron chi connectivity index (χ3n) is 4.18. The van der Waals surface area contributed by atoms with Gasteiger partial charge in [-0.25, -0.2) is 0 Å². The highest BCUT2D eigenvalue weighted by atomic mass is 16.5. The summed E-state index contributed by atoms with van der Waals surface area (Å²) in [5.41, 5.74) is 10.1. The minimum Gasteiger partial charge on any atom is -0.496 e. The van der Waals surface area contributed by atoms with Crippen LogP contribution in [-0.4, -0.2) is 44.7 Å². The zero-order valence-electron chi connectivity index (χ0n) is 12.4. The molecule has 106 valence electrons. The van der Waals surface area contributed by atoms with Crippen LogP contribution in [0.3, 0.4) is 0 Å². The number of benzene rings is 1. The van der Waals surface area contributed by atoms with Crippen LogP contribution in [0.4, 0.5) is 0 Å². The third kappa shape index (κ3) is 2.91. The van der Waals surface area contributed by atoms with E-state index in [-0.39, 0.29) is 6.04 Å². The molecule has 0 spiro atoms. The average Bonchev–Trinajstić information content (AvgIpc) is 2.41. The molecule has 1 aliphatic rings. The Labute approximate surface area is 115 Å². The standard InChI is InChI=1S/C15H25N3O/c1-10-7-12(14(19-4)8-11(10)2)15(16)13-9-17-5-6-18(13)3/h7-8,13,15,17H,5-6,9,16H2,1-4H3. The summed E-state index contributed by atoms with van der Waals surface area (Å²) in [6.45, 7) is 7.21. The van der Waals surface area contributed by atoms with Crippen molar-refractivity contribution >= 4 is 0 Å². The smallest absolute Gasteiger partial charge is 0.123 e. The number of aryl methyl sites for hydroxylation is 2. The van der Waals surface area contributed by atoms with Crippen LogP contribution in [0.2, 0.25) is 0 Å². The largest absolute Gasteiger partial charge is 0.496 e. The van der Waals surface area contributed by atoms with Gasteiger partial charge < -0.3 is 15.8 Å². The second-order valence-corrected chi connectivity index (χ2v) is 5.46. The fraction of sp³-hybridized carbons (Fsp3) is 0.600. The number of nitrogens with two attached hydrogens (primary N) is 1. The fourth-order valence-corrected chi connectivity index (χ4v) is 2.68. The van der Waals surface area contributed by atoms with Gasteiger partial charge in [0, 0.05) is 31.2 Å². The van der Waals surface area contributed by atoms with Crippen molar-refractivity contribution in [1.29, 1.82) is 0 Å². The van der Waals surface area contributed by atoms with Crippen molar-refractivity contribution < 1.29 is 4.74 Å². The van der Waals surface area contributed by atoms with Gasteiger partial charge in [-0.3, -0.25) is 4.90 Å². The lowest BCUT2D eigenvalue weighted by Gasteiger charge is -2.37. The lowest BCUT2D eigenvalue weighted by Crippen LogP contribution is -2.53. The number of ether oxygens (including phenoxy) is 1. The summed E-state index contributed by atoms with van der Waals surface area (Å²) in [6, 6.07) is 4.53. The lowest BCUT2D eigenvalue weighted by molar-refractivity contribution is 0.172. The van der Waals surface area contributed by atoms with E-state index in [1.807, 2.05) is 0 Å². The molecular weight excluding hydrogens is 238 g/mol. The highest BCUT2D eigenvalue weighted by Crippen LogP contribution is 2.30. The van der Waals surface area contributed by atoms with Gasteiger partial charge in [0.1, 0.15) is 5.75 Å². The summed E-state index contributed by atoms with van der Waals surface area (Å²) in [5.74, 6) is 0.898. The van der Waals surface area contributed by atoms with E-state index >= 15 is 0 Å². The molecule has 0 radical (unpaired) electrons. The minimum absolute atomic E-state index is 0.0351. The quantitative estimate of drug-likeness (QED) is 0.861. The second kappa shape index (κ2) is 5.90. The molecule has 1 heterocycles. The number of rotatable bonds is 3. The number of hydrogen-bond donors (Lipinski definition) is 2. The summed E-state index contributed by atoms with van der Waals surface area (Å²) in [4.78, 5) is 2.33. The van der Waals surface area contributed by atoms with Crippen LogP contribution >= 0.6 is 0 Å². The van der Waals surface area contributed by atoms with E-state index in [0.29, 0.717) is 6.04 Å². The van der Waals surface area contributed by atoms with Crippen molar-refractivity contribution in [3.8, 4) is 5.75 Å². The molecule has 1 saturated heterocycles. The Hall–Kier alpha value is -1.10. The predicted molar refractivity (Wildman–Crippen MR) is 78.7 cm³/mol. The topological polar surface area (TPSA) is 50.5 Å². The van der Waals surface area contributed by atoms with Crippen LogP contribution in [0.15, 0.2) is 12.1 Å². The van der Waals surface area contributed by atoms with Crippen LogP contribution in [-0.2, 0) is 0 Å². The summed E-state index contributed by atoms with van der Waals surface area (Å²) >= 11 is 0. The van der Waals surface area contributed by atoms with Gasteiger partial charge in [-0.05, 0) is 38.1 Å². The normalized spacial score (nSPS) is 22.3. The minimum atomic E-state index is -0.0351. The van der Waals surface area contributed by atoms with Crippen molar-refractivity contribution in [2.45, 2.75) is 25.9 Å². The molecule has 4 heteroatoms. The van der Waals surface area contributed by atoms with Gasteiger partial charge in [0.2, 0.25) is 0 Å². The Morgan fingerprint density at radius 2 is 2.05 bits per heavy atom. The van der Waals surface area contributed by atoms with Crippen LogP contribution in [0.1, 0.15) is 22.7 Å². The van der Waals surface area contributed by atoms with Gasteiger partial charge in [-0.15, -0.1) is 0 Å². The van der Waals surface area contributed by atoms with E-state index in [4.69, 9.17) is 10.5 Å². The van der Waals surface area contributed by atoms with Gasteiger partial charge in [-0.1, -0.05) is 6.07 Å². The van der Waals surface area contributed by atoms with Crippen LogP contribution in [0.25, 0.3) is 0 Å². The number of nitrogens with zero attached hydrogens (tertiary/aromatic N) is 1. The zero-order chi connectivity index (χ0) is 14.0. The first-order chi connectivity index (χ1) is 9.04. The highest BCUT2D eigenvalue weighted by molar-refractivity contribution is 5.44. The summed E-state index contributed by atoms with van der Waals surface area (Å²) < 4.78 is 5.51. The first-order valence-electron chi connectivity index (χ1n) is 6.86. The van der Waals surface area contributed by atoms with Crippen molar-refractivity contribution in [1.82, 2.24) is 10.2 Å². The molecule has 1 aromatic rings. The molecule has 0 amide bonds. The molecule has 2 atom stereocenters. The summed E-state index contributed by atoms with van der Waals surface area (Å²) in [7, 11) is 3.85. The molecule has 0 bridgehead atoms. The van der Waals surface area contributed by atoms with E-state index in [1.54, 1.807) is 7.11 Å². The molecule has 1 aromatic carbocycles. The molecule has 19 heavy (non-hydrogen) atoms. The zero-order valence-corrected chi connectivity index (χ0v) is 12.4. The van der Waals surface area contributed by atoms with Crippen LogP contribution in [0, 0.1) is 13.8 Å². The van der Waals surface area contributed by atoms with Crippen molar-refractivity contribution in [3.63, 3.8) is 0 Å². The molecule has 2 unspecified atom stereocenters. The van der Waals surface area contributed by atoms with E-state index in [2.05, 4.69) is 43.2 Å². The molecular formula is C15H25N3O. The number of likely N-dealkylation sites (N-methyl/N-ethyl adjacent to an activating group) is 1. The van der Waals surface area contributed by atoms with Gasteiger partial charge in [0.25, 0.3) is 0 Å². The lowest BCUT2D eigenvalue weighted by atomic mass is 9.94. The van der Waals surface area contributed by atoms with Gasteiger partial charge in [0.15, 0.2) is 0 Å². The maximum Gasteiger partial charge on any atom is 0.123 e. The Morgan fingerprint density at radius 1 is 1.37 bits per heavy atom. The van der Waals surface area contributed by atoms with E-state index in [9.17, 15) is 0 Å². The van der Waals surface area contributed by atoms with Crippen molar-refractivity contribution in [3.05, 3.63) is 28.8 Å².